The lowest BCUT2D eigenvalue weighted by molar-refractivity contribution is -0.0592. The lowest BCUT2D eigenvalue weighted by atomic mass is 9.93. The summed E-state index contributed by atoms with van der Waals surface area (Å²) in [6.45, 7) is 8.56. The maximum atomic E-state index is 11.6. The van der Waals surface area contributed by atoms with Crippen LogP contribution < -0.4 is 4.74 Å². The lowest BCUT2D eigenvalue weighted by Gasteiger charge is -2.32. The van der Waals surface area contributed by atoms with E-state index in [1.54, 1.807) is 13.0 Å². The van der Waals surface area contributed by atoms with Crippen molar-refractivity contribution in [1.29, 1.82) is 0 Å². The first kappa shape index (κ1) is 26.4. The number of aryl methyl sites for hydroxylation is 1. The fourth-order valence-corrected chi connectivity index (χ4v) is 6.59. The minimum atomic E-state index is 0.0133. The van der Waals surface area contributed by atoms with E-state index in [2.05, 4.69) is 40.7 Å². The molecule has 5 heterocycles. The van der Waals surface area contributed by atoms with Crippen molar-refractivity contribution in [2.45, 2.75) is 64.8 Å². The van der Waals surface area contributed by atoms with Gasteiger partial charge in [-0.15, -0.1) is 11.3 Å². The molecule has 2 aliphatic heterocycles. The van der Waals surface area contributed by atoms with Gasteiger partial charge in [0.25, 0.3) is 0 Å². The highest BCUT2D eigenvalue weighted by molar-refractivity contribution is 7.14. The third-order valence-corrected chi connectivity index (χ3v) is 9.39. The number of aromatic nitrogens is 3. The molecular formula is C30H33ClN4O3S. The number of carbonyl (C=O) groups excluding carboxylic acids is 1. The first-order valence-corrected chi connectivity index (χ1v) is 14.8. The van der Waals surface area contributed by atoms with Gasteiger partial charge in [0.15, 0.2) is 5.78 Å². The monoisotopic (exact) mass is 564 g/mol. The summed E-state index contributed by atoms with van der Waals surface area (Å²) in [7, 11) is 0. The van der Waals surface area contributed by atoms with Gasteiger partial charge in [-0.3, -0.25) is 9.69 Å². The summed E-state index contributed by atoms with van der Waals surface area (Å²) < 4.78 is 14.1. The number of nitrogens with zero attached hydrogens (tertiary/aromatic N) is 4. The average Bonchev–Trinajstić information content (AvgIpc) is 3.45. The number of fused-ring (bicyclic) bond motifs is 1. The summed E-state index contributed by atoms with van der Waals surface area (Å²) >= 11 is 7.67. The highest BCUT2D eigenvalue weighted by Crippen LogP contribution is 2.31. The van der Waals surface area contributed by atoms with Crippen LogP contribution >= 0.6 is 22.9 Å². The van der Waals surface area contributed by atoms with E-state index in [1.165, 1.54) is 22.4 Å². The SMILES string of the molecule is CC(=O)c1cc(Cl)c(COc2cccc(C3CCN(Cc4nc5ccc(C)cc5n4C[C@@H]4CCO4)CC3)n2)s1. The van der Waals surface area contributed by atoms with E-state index < -0.39 is 0 Å². The smallest absolute Gasteiger partial charge is 0.213 e. The number of carbonyl (C=O) groups is 1. The number of thiophene rings is 1. The maximum Gasteiger partial charge on any atom is 0.213 e. The van der Waals surface area contributed by atoms with Gasteiger partial charge >= 0.3 is 0 Å². The zero-order valence-corrected chi connectivity index (χ0v) is 23.9. The topological polar surface area (TPSA) is 69.5 Å². The van der Waals surface area contributed by atoms with Crippen LogP contribution in [0.3, 0.4) is 0 Å². The van der Waals surface area contributed by atoms with Crippen LogP contribution in [-0.2, 0) is 24.4 Å². The molecule has 2 aliphatic rings. The van der Waals surface area contributed by atoms with Crippen molar-refractivity contribution in [3.05, 3.63) is 74.3 Å². The van der Waals surface area contributed by atoms with E-state index >= 15 is 0 Å². The van der Waals surface area contributed by atoms with Crippen molar-refractivity contribution in [2.24, 2.45) is 0 Å². The lowest BCUT2D eigenvalue weighted by Crippen LogP contribution is -2.35. The normalized spacial score (nSPS) is 18.4. The number of piperidine rings is 1. The largest absolute Gasteiger partial charge is 0.472 e. The Morgan fingerprint density at radius 2 is 1.97 bits per heavy atom. The van der Waals surface area contributed by atoms with Crippen molar-refractivity contribution in [3.63, 3.8) is 0 Å². The van der Waals surface area contributed by atoms with E-state index in [1.807, 2.05) is 12.1 Å². The zero-order valence-electron chi connectivity index (χ0n) is 22.4. The summed E-state index contributed by atoms with van der Waals surface area (Å²) in [5.74, 6) is 2.12. The molecular weight excluding hydrogens is 532 g/mol. The summed E-state index contributed by atoms with van der Waals surface area (Å²) in [5.41, 5.74) is 4.59. The van der Waals surface area contributed by atoms with Crippen LogP contribution in [0.15, 0.2) is 42.5 Å². The molecule has 0 spiro atoms. The van der Waals surface area contributed by atoms with Crippen LogP contribution in [0, 0.1) is 6.92 Å². The Labute approximate surface area is 237 Å². The quantitative estimate of drug-likeness (QED) is 0.219. The van der Waals surface area contributed by atoms with Gasteiger partial charge in [0.05, 0.1) is 45.0 Å². The summed E-state index contributed by atoms with van der Waals surface area (Å²) in [4.78, 5) is 25.5. The third kappa shape index (κ3) is 5.89. The second kappa shape index (κ2) is 11.4. The van der Waals surface area contributed by atoms with Crippen molar-refractivity contribution >= 4 is 39.8 Å². The van der Waals surface area contributed by atoms with E-state index in [4.69, 9.17) is 31.0 Å². The standard InChI is InChI=1S/C30H33ClN4O3S/c1-19-6-7-25-26(14-19)35(16-22-10-13-37-22)29(32-25)17-34-11-8-21(9-12-34)24-4-3-5-30(33-24)38-18-28-23(31)15-27(39-28)20(2)36/h3-7,14-15,21-22H,8-13,16-18H2,1-2H3/t22-/m0/s1. The van der Waals surface area contributed by atoms with Crippen molar-refractivity contribution < 1.29 is 14.3 Å². The van der Waals surface area contributed by atoms with Gasteiger partial charge in [0.2, 0.25) is 5.88 Å². The van der Waals surface area contributed by atoms with Gasteiger partial charge in [0, 0.05) is 24.3 Å². The predicted molar refractivity (Wildman–Crippen MR) is 154 cm³/mol. The molecule has 9 heteroatoms. The minimum Gasteiger partial charge on any atom is -0.472 e. The zero-order chi connectivity index (χ0) is 26.9. The third-order valence-electron chi connectivity index (χ3n) is 7.73. The van der Waals surface area contributed by atoms with Gasteiger partial charge < -0.3 is 14.0 Å². The van der Waals surface area contributed by atoms with Crippen LogP contribution in [0.1, 0.15) is 63.7 Å². The van der Waals surface area contributed by atoms with Gasteiger partial charge in [-0.2, -0.15) is 0 Å². The molecule has 0 aliphatic carbocycles. The molecule has 2 fully saturated rings. The molecule has 2 saturated heterocycles. The Hall–Kier alpha value is -2.78. The van der Waals surface area contributed by atoms with Crippen LogP contribution in [0.4, 0.5) is 0 Å². The second-order valence-corrected chi connectivity index (χ2v) is 12.1. The van der Waals surface area contributed by atoms with Crippen LogP contribution in [0.25, 0.3) is 11.0 Å². The van der Waals surface area contributed by atoms with Gasteiger partial charge in [0.1, 0.15) is 12.4 Å². The molecule has 3 aromatic heterocycles. The first-order chi connectivity index (χ1) is 18.9. The molecule has 204 valence electrons. The predicted octanol–water partition coefficient (Wildman–Crippen LogP) is 6.40. The number of likely N-dealkylation sites (tertiary alicyclic amines) is 1. The van der Waals surface area contributed by atoms with Gasteiger partial charge in [-0.05, 0) is 76.0 Å². The molecule has 7 nitrogen and oxygen atoms in total. The summed E-state index contributed by atoms with van der Waals surface area (Å²) in [5, 5.41) is 0.567. The molecule has 1 atom stereocenters. The second-order valence-electron chi connectivity index (χ2n) is 10.6. The summed E-state index contributed by atoms with van der Waals surface area (Å²) in [6, 6.07) is 14.2. The molecule has 0 radical (unpaired) electrons. The molecule has 39 heavy (non-hydrogen) atoms. The van der Waals surface area contributed by atoms with Crippen molar-refractivity contribution in [2.75, 3.05) is 19.7 Å². The number of imidazole rings is 1. The number of hydrogen-bond acceptors (Lipinski definition) is 7. The first-order valence-electron chi connectivity index (χ1n) is 13.6. The number of rotatable bonds is 9. The Morgan fingerprint density at radius 1 is 1.15 bits per heavy atom. The maximum absolute atomic E-state index is 11.6. The number of Topliss-reactive ketones (excluding diaryl/α,β-unsaturated/α-hetero) is 1. The molecule has 0 N–H and O–H groups in total. The van der Waals surface area contributed by atoms with Crippen LogP contribution in [0.2, 0.25) is 5.02 Å². The van der Waals surface area contributed by atoms with Crippen LogP contribution in [0.5, 0.6) is 5.88 Å². The van der Waals surface area contributed by atoms with Gasteiger partial charge in [-0.1, -0.05) is 23.7 Å². The molecule has 0 bridgehead atoms. The molecule has 1 aromatic carbocycles. The van der Waals surface area contributed by atoms with E-state index in [0.29, 0.717) is 34.4 Å². The fourth-order valence-electron chi connectivity index (χ4n) is 5.38. The van der Waals surface area contributed by atoms with E-state index in [-0.39, 0.29) is 5.78 Å². The minimum absolute atomic E-state index is 0.0133. The Kier molecular flexibility index (Phi) is 7.71. The van der Waals surface area contributed by atoms with Crippen LogP contribution in [-0.4, -0.2) is 51.0 Å². The highest BCUT2D eigenvalue weighted by atomic mass is 35.5. The van der Waals surface area contributed by atoms with E-state index in [0.717, 1.165) is 74.0 Å². The molecule has 0 unspecified atom stereocenters. The number of pyridine rings is 1. The number of benzene rings is 1. The Morgan fingerprint density at radius 3 is 2.69 bits per heavy atom. The van der Waals surface area contributed by atoms with Crippen molar-refractivity contribution in [1.82, 2.24) is 19.4 Å². The molecule has 0 saturated carbocycles. The van der Waals surface area contributed by atoms with Gasteiger partial charge in [-0.25, -0.2) is 9.97 Å². The molecule has 0 amide bonds. The fraction of sp³-hybridized carbons (Fsp3) is 0.433. The average molecular weight is 565 g/mol. The Bertz CT molecular complexity index is 1490. The Balaban J connectivity index is 1.09. The highest BCUT2D eigenvalue weighted by Gasteiger charge is 2.26. The molecule has 4 aromatic rings. The molecule has 6 rings (SSSR count). The number of ketones is 1. The number of halogens is 1. The van der Waals surface area contributed by atoms with E-state index in [9.17, 15) is 4.79 Å². The summed E-state index contributed by atoms with van der Waals surface area (Å²) in [6.07, 6.45) is 3.49. The number of ether oxygens (including phenoxy) is 2. The van der Waals surface area contributed by atoms with Crippen molar-refractivity contribution in [3.8, 4) is 5.88 Å². The number of hydrogen-bond donors (Lipinski definition) is 0.